The van der Waals surface area contributed by atoms with Gasteiger partial charge in [-0.3, -0.25) is 10.3 Å². The van der Waals surface area contributed by atoms with Crippen molar-refractivity contribution in [1.82, 2.24) is 14.5 Å². The number of aromatic nitrogens is 2. The standard InChI is InChI=1S/C14H21N5O2/c1-6-16-11(15)12-17-9-7-19(8-10(9)18(12)5)13(20)21-14(2,3)4/h6,15H,7-8H2,1-5H3. The summed E-state index contributed by atoms with van der Waals surface area (Å²) in [6, 6.07) is 0. The molecular weight excluding hydrogens is 270 g/mol. The molecule has 0 aromatic carbocycles. The van der Waals surface area contributed by atoms with Crippen molar-refractivity contribution < 1.29 is 9.53 Å². The van der Waals surface area contributed by atoms with E-state index in [1.165, 1.54) is 0 Å². The summed E-state index contributed by atoms with van der Waals surface area (Å²) in [5.41, 5.74) is 1.21. The fourth-order valence-corrected chi connectivity index (χ4v) is 2.18. The van der Waals surface area contributed by atoms with Crippen LogP contribution in [-0.2, 0) is 24.9 Å². The van der Waals surface area contributed by atoms with Gasteiger partial charge in [0.05, 0.1) is 24.5 Å². The quantitative estimate of drug-likeness (QED) is 0.635. The van der Waals surface area contributed by atoms with Gasteiger partial charge in [-0.15, -0.1) is 0 Å². The molecule has 0 saturated heterocycles. The van der Waals surface area contributed by atoms with Crippen LogP contribution in [0.1, 0.15) is 44.9 Å². The number of amides is 1. The number of fused-ring (bicyclic) bond motifs is 1. The number of imidazole rings is 1. The summed E-state index contributed by atoms with van der Waals surface area (Å²) in [5, 5.41) is 7.85. The van der Waals surface area contributed by atoms with E-state index in [1.54, 1.807) is 18.0 Å². The van der Waals surface area contributed by atoms with Gasteiger partial charge >= 0.3 is 6.09 Å². The van der Waals surface area contributed by atoms with E-state index >= 15 is 0 Å². The van der Waals surface area contributed by atoms with Crippen molar-refractivity contribution in [2.75, 3.05) is 0 Å². The summed E-state index contributed by atoms with van der Waals surface area (Å²) in [6.45, 7) is 8.13. The molecule has 0 radical (unpaired) electrons. The third-order valence-corrected chi connectivity index (χ3v) is 3.10. The summed E-state index contributed by atoms with van der Waals surface area (Å²) in [5.74, 6) is 0.639. The second-order valence-corrected chi connectivity index (χ2v) is 5.96. The monoisotopic (exact) mass is 291 g/mol. The fraction of sp³-hybridized carbons (Fsp3) is 0.571. The first-order chi connectivity index (χ1) is 9.73. The van der Waals surface area contributed by atoms with Gasteiger partial charge in [-0.1, -0.05) is 0 Å². The summed E-state index contributed by atoms with van der Waals surface area (Å²) < 4.78 is 7.18. The van der Waals surface area contributed by atoms with Gasteiger partial charge in [0, 0.05) is 13.3 Å². The van der Waals surface area contributed by atoms with Crippen LogP contribution >= 0.6 is 0 Å². The Bertz CT molecular complexity index is 610. The lowest BCUT2D eigenvalue weighted by molar-refractivity contribution is 0.0237. The lowest BCUT2D eigenvalue weighted by Crippen LogP contribution is -2.34. The van der Waals surface area contributed by atoms with Crippen molar-refractivity contribution >= 4 is 18.1 Å². The number of carbonyl (C=O) groups excluding carboxylic acids is 1. The van der Waals surface area contributed by atoms with Crippen LogP contribution in [0.3, 0.4) is 0 Å². The minimum Gasteiger partial charge on any atom is -0.444 e. The number of amidine groups is 1. The van der Waals surface area contributed by atoms with Crippen molar-refractivity contribution in [1.29, 1.82) is 5.41 Å². The molecule has 1 aliphatic heterocycles. The highest BCUT2D eigenvalue weighted by Gasteiger charge is 2.32. The van der Waals surface area contributed by atoms with E-state index in [9.17, 15) is 4.79 Å². The summed E-state index contributed by atoms with van der Waals surface area (Å²) >= 11 is 0. The first-order valence-corrected chi connectivity index (χ1v) is 6.83. The van der Waals surface area contributed by atoms with Crippen molar-refractivity contribution in [2.24, 2.45) is 12.0 Å². The van der Waals surface area contributed by atoms with Gasteiger partial charge in [0.25, 0.3) is 0 Å². The molecule has 0 spiro atoms. The summed E-state index contributed by atoms with van der Waals surface area (Å²) in [4.78, 5) is 22.0. The van der Waals surface area contributed by atoms with Crippen molar-refractivity contribution in [3.05, 3.63) is 17.2 Å². The van der Waals surface area contributed by atoms with E-state index in [0.717, 1.165) is 11.4 Å². The molecule has 7 heteroatoms. The molecule has 1 aliphatic rings. The highest BCUT2D eigenvalue weighted by molar-refractivity contribution is 5.98. The predicted molar refractivity (Wildman–Crippen MR) is 79.7 cm³/mol. The zero-order valence-corrected chi connectivity index (χ0v) is 13.1. The Kier molecular flexibility index (Phi) is 3.85. The molecule has 0 fully saturated rings. The lowest BCUT2D eigenvalue weighted by Gasteiger charge is -2.24. The zero-order chi connectivity index (χ0) is 15.8. The van der Waals surface area contributed by atoms with E-state index in [2.05, 4.69) is 9.98 Å². The maximum atomic E-state index is 12.1. The van der Waals surface area contributed by atoms with Crippen LogP contribution in [0.5, 0.6) is 0 Å². The molecule has 21 heavy (non-hydrogen) atoms. The summed E-state index contributed by atoms with van der Waals surface area (Å²) in [6.07, 6.45) is 1.22. The lowest BCUT2D eigenvalue weighted by atomic mass is 10.2. The molecule has 2 heterocycles. The van der Waals surface area contributed by atoms with Crippen LogP contribution in [0.2, 0.25) is 0 Å². The van der Waals surface area contributed by atoms with Gasteiger partial charge in [-0.2, -0.15) is 0 Å². The maximum absolute atomic E-state index is 12.1. The van der Waals surface area contributed by atoms with Gasteiger partial charge in [0.15, 0.2) is 11.7 Å². The van der Waals surface area contributed by atoms with E-state index in [1.807, 2.05) is 32.4 Å². The first-order valence-electron chi connectivity index (χ1n) is 6.83. The second-order valence-electron chi connectivity index (χ2n) is 5.96. The molecule has 0 aliphatic carbocycles. The topological polar surface area (TPSA) is 83.6 Å². The van der Waals surface area contributed by atoms with Crippen molar-refractivity contribution in [2.45, 2.75) is 46.4 Å². The average Bonchev–Trinajstić information content (AvgIpc) is 2.88. The molecule has 0 saturated carbocycles. The molecular formula is C14H21N5O2. The Balaban J connectivity index is 2.15. The average molecular weight is 291 g/mol. The Labute approximate surface area is 124 Å². The molecule has 0 unspecified atom stereocenters. The van der Waals surface area contributed by atoms with Gasteiger partial charge in [-0.05, 0) is 27.7 Å². The zero-order valence-electron chi connectivity index (χ0n) is 13.1. The van der Waals surface area contributed by atoms with E-state index in [0.29, 0.717) is 18.9 Å². The molecule has 7 nitrogen and oxygen atoms in total. The van der Waals surface area contributed by atoms with Crippen LogP contribution < -0.4 is 0 Å². The molecule has 114 valence electrons. The highest BCUT2D eigenvalue weighted by atomic mass is 16.6. The van der Waals surface area contributed by atoms with Crippen molar-refractivity contribution in [3.8, 4) is 0 Å². The number of ether oxygens (including phenoxy) is 1. The third-order valence-electron chi connectivity index (χ3n) is 3.10. The van der Waals surface area contributed by atoms with Gasteiger partial charge in [0.2, 0.25) is 0 Å². The number of carbonyl (C=O) groups is 1. The molecule has 2 rings (SSSR count). The minimum absolute atomic E-state index is 0.123. The SMILES string of the molecule is CC=NC(=N)c1nc2c(n1C)CN(C(=O)OC(C)(C)C)C2. The van der Waals surface area contributed by atoms with E-state index < -0.39 is 5.60 Å². The molecule has 0 atom stereocenters. The van der Waals surface area contributed by atoms with Gasteiger partial charge in [-0.25, -0.2) is 14.8 Å². The number of nitrogens with one attached hydrogen (secondary N) is 1. The highest BCUT2D eigenvalue weighted by Crippen LogP contribution is 2.25. The number of rotatable bonds is 1. The van der Waals surface area contributed by atoms with E-state index in [4.69, 9.17) is 10.1 Å². The van der Waals surface area contributed by atoms with Crippen LogP contribution in [0.4, 0.5) is 4.79 Å². The van der Waals surface area contributed by atoms with Crippen molar-refractivity contribution in [3.63, 3.8) is 0 Å². The normalized spacial score (nSPS) is 14.6. The second kappa shape index (κ2) is 5.31. The Hall–Kier alpha value is -2.18. The number of nitrogens with zero attached hydrogens (tertiary/aromatic N) is 4. The molecule has 0 bridgehead atoms. The molecule has 1 aromatic heterocycles. The minimum atomic E-state index is -0.511. The third kappa shape index (κ3) is 3.12. The smallest absolute Gasteiger partial charge is 0.410 e. The van der Waals surface area contributed by atoms with Crippen LogP contribution in [0, 0.1) is 5.41 Å². The van der Waals surface area contributed by atoms with Gasteiger partial charge < -0.3 is 9.30 Å². The molecule has 1 N–H and O–H groups in total. The Morgan fingerprint density at radius 1 is 1.43 bits per heavy atom. The maximum Gasteiger partial charge on any atom is 0.410 e. The number of hydrogen-bond acceptors (Lipinski definition) is 4. The van der Waals surface area contributed by atoms with Crippen LogP contribution in [0.15, 0.2) is 4.99 Å². The summed E-state index contributed by atoms with van der Waals surface area (Å²) in [7, 11) is 1.83. The Morgan fingerprint density at radius 2 is 2.10 bits per heavy atom. The molecule has 1 aromatic rings. The molecule has 1 amide bonds. The van der Waals surface area contributed by atoms with Crippen LogP contribution in [0.25, 0.3) is 0 Å². The van der Waals surface area contributed by atoms with Gasteiger partial charge in [0.1, 0.15) is 5.60 Å². The first kappa shape index (κ1) is 15.2. The largest absolute Gasteiger partial charge is 0.444 e. The van der Waals surface area contributed by atoms with E-state index in [-0.39, 0.29) is 11.9 Å². The fourth-order valence-electron chi connectivity index (χ4n) is 2.18. The number of hydrogen-bond donors (Lipinski definition) is 1. The number of aliphatic imine (C=N–C) groups is 1. The predicted octanol–water partition coefficient (Wildman–Crippen LogP) is 2.09. The van der Waals surface area contributed by atoms with Crippen LogP contribution in [-0.4, -0.2) is 38.2 Å². The Morgan fingerprint density at radius 3 is 2.62 bits per heavy atom.